The lowest BCUT2D eigenvalue weighted by Crippen LogP contribution is -2.57. The van der Waals surface area contributed by atoms with E-state index in [1.807, 2.05) is 34.2 Å². The van der Waals surface area contributed by atoms with Gasteiger partial charge in [0.1, 0.15) is 6.04 Å². The van der Waals surface area contributed by atoms with E-state index in [1.54, 1.807) is 16.2 Å². The van der Waals surface area contributed by atoms with Gasteiger partial charge >= 0.3 is 12.1 Å². The summed E-state index contributed by atoms with van der Waals surface area (Å²) >= 11 is 8.07. The number of nitrogen functional groups attached to an aromatic ring is 1. The fourth-order valence-electron chi connectivity index (χ4n) is 7.45. The van der Waals surface area contributed by atoms with Crippen LogP contribution in [-0.2, 0) is 24.2 Å². The molecule has 12 heteroatoms. The largest absolute Gasteiger partial charge is 0.397 e. The van der Waals surface area contributed by atoms with Gasteiger partial charge in [0, 0.05) is 55.6 Å². The van der Waals surface area contributed by atoms with Gasteiger partial charge in [0.15, 0.2) is 0 Å². The number of nitrogens with zero attached hydrogens (tertiary/aromatic N) is 4. The van der Waals surface area contributed by atoms with Crippen LogP contribution in [0.1, 0.15) is 68.6 Å². The van der Waals surface area contributed by atoms with Gasteiger partial charge in [-0.05, 0) is 80.6 Å². The number of halogens is 1. The van der Waals surface area contributed by atoms with Crippen molar-refractivity contribution in [2.45, 2.75) is 89.4 Å². The van der Waals surface area contributed by atoms with Crippen molar-refractivity contribution >= 4 is 52.3 Å². The predicted octanol–water partition coefficient (Wildman–Crippen LogP) is 5.16. The minimum atomic E-state index is -0.712. The maximum atomic E-state index is 14.1. The van der Waals surface area contributed by atoms with Gasteiger partial charge in [-0.15, -0.1) is 11.3 Å². The molecular formula is C33H46ClN7O3S. The summed E-state index contributed by atoms with van der Waals surface area (Å²) in [5.41, 5.74) is 10.6. The second-order valence-electron chi connectivity index (χ2n) is 13.0. The highest BCUT2D eigenvalue weighted by molar-refractivity contribution is 7.08. The first-order valence-corrected chi connectivity index (χ1v) is 17.9. The van der Waals surface area contributed by atoms with Gasteiger partial charge in [0.05, 0.1) is 22.9 Å². The van der Waals surface area contributed by atoms with Crippen molar-refractivity contribution in [3.63, 3.8) is 0 Å². The molecule has 1 aromatic heterocycles. The quantitative estimate of drug-likeness (QED) is 0.357. The standard InChI is InChI=1S/C33H46ClN7O3S/c1-2-23-16-22(17-27(34)30(23)35)18-28(31(42)39-12-6-25(7-13-39)38-10-4-3-5-11-38)36-32(43)40-14-8-26(9-15-40)41-19-24-20-45-21-29(24)37-33(41)44/h16-17,20-21,25-26,28H,2-15,18-19,35H2,1H3,(H,36,43)(H,37,44)/t28-/m1/s1. The number of amides is 5. The van der Waals surface area contributed by atoms with Crippen LogP contribution >= 0.6 is 22.9 Å². The molecule has 2 aromatic rings. The number of fused-ring (bicyclic) bond motifs is 1. The lowest BCUT2D eigenvalue weighted by atomic mass is 9.97. The van der Waals surface area contributed by atoms with Crippen LogP contribution in [0.2, 0.25) is 5.02 Å². The first-order valence-electron chi connectivity index (χ1n) is 16.6. The Morgan fingerprint density at radius 1 is 1.00 bits per heavy atom. The van der Waals surface area contributed by atoms with E-state index in [0.29, 0.717) is 68.7 Å². The zero-order valence-corrected chi connectivity index (χ0v) is 27.8. The number of nitrogens with two attached hydrogens (primary N) is 1. The molecule has 10 nitrogen and oxygen atoms in total. The lowest BCUT2D eigenvalue weighted by Gasteiger charge is -2.41. The van der Waals surface area contributed by atoms with Crippen LogP contribution in [0.4, 0.5) is 21.0 Å². The van der Waals surface area contributed by atoms with Crippen molar-refractivity contribution in [3.05, 3.63) is 44.6 Å². The van der Waals surface area contributed by atoms with Gasteiger partial charge in [0.25, 0.3) is 0 Å². The first-order chi connectivity index (χ1) is 21.8. The number of rotatable bonds is 7. The maximum Gasteiger partial charge on any atom is 0.322 e. The Labute approximate surface area is 275 Å². The number of urea groups is 2. The molecular weight excluding hydrogens is 610 g/mol. The number of likely N-dealkylation sites (tertiary alicyclic amines) is 3. The molecule has 0 radical (unpaired) electrons. The van der Waals surface area contributed by atoms with Crippen molar-refractivity contribution < 1.29 is 14.4 Å². The Bertz CT molecular complexity index is 1380. The van der Waals surface area contributed by atoms with Gasteiger partial charge in [-0.2, -0.15) is 0 Å². The number of nitrogens with one attached hydrogen (secondary N) is 2. The molecule has 1 aromatic carbocycles. The Kier molecular flexibility index (Phi) is 10.1. The Morgan fingerprint density at radius 3 is 2.40 bits per heavy atom. The average molecular weight is 656 g/mol. The van der Waals surface area contributed by atoms with E-state index in [0.717, 1.165) is 54.7 Å². The van der Waals surface area contributed by atoms with E-state index in [2.05, 4.69) is 20.9 Å². The van der Waals surface area contributed by atoms with E-state index in [1.165, 1.54) is 19.3 Å². The predicted molar refractivity (Wildman–Crippen MR) is 180 cm³/mol. The van der Waals surface area contributed by atoms with E-state index in [9.17, 15) is 14.4 Å². The SMILES string of the molecule is CCc1cc(C[C@@H](NC(=O)N2CCC(N3Cc4cscc4NC3=O)CC2)C(=O)N2CCC(N3CCCCC3)CC2)cc(Cl)c1N. The van der Waals surface area contributed by atoms with Gasteiger partial charge in [-0.3, -0.25) is 4.79 Å². The van der Waals surface area contributed by atoms with Crippen molar-refractivity contribution in [1.29, 1.82) is 0 Å². The smallest absolute Gasteiger partial charge is 0.322 e. The molecule has 5 amide bonds. The highest BCUT2D eigenvalue weighted by atomic mass is 35.5. The van der Waals surface area contributed by atoms with Gasteiger partial charge in [0.2, 0.25) is 5.91 Å². The summed E-state index contributed by atoms with van der Waals surface area (Å²) in [7, 11) is 0. The minimum absolute atomic E-state index is 0.0436. The molecule has 1 atom stereocenters. The summed E-state index contributed by atoms with van der Waals surface area (Å²) in [6.45, 7) is 7.37. The fourth-order valence-corrected chi connectivity index (χ4v) is 8.49. The topological polar surface area (TPSA) is 114 Å². The number of hydrogen-bond acceptors (Lipinski definition) is 6. The second-order valence-corrected chi connectivity index (χ2v) is 14.1. The maximum absolute atomic E-state index is 14.1. The van der Waals surface area contributed by atoms with E-state index < -0.39 is 6.04 Å². The lowest BCUT2D eigenvalue weighted by molar-refractivity contribution is -0.134. The highest BCUT2D eigenvalue weighted by Crippen LogP contribution is 2.31. The molecule has 3 fully saturated rings. The van der Waals surface area contributed by atoms with Crippen molar-refractivity contribution in [2.24, 2.45) is 0 Å². The number of aryl methyl sites for hydroxylation is 1. The van der Waals surface area contributed by atoms with E-state index in [-0.39, 0.29) is 24.0 Å². The van der Waals surface area contributed by atoms with Crippen LogP contribution in [-0.4, -0.2) is 95.0 Å². The average Bonchev–Trinajstić information content (AvgIpc) is 3.53. The third-order valence-corrected chi connectivity index (χ3v) is 11.3. The van der Waals surface area contributed by atoms with Crippen LogP contribution in [0.15, 0.2) is 22.9 Å². The number of benzene rings is 1. The summed E-state index contributed by atoms with van der Waals surface area (Å²) in [6, 6.07) is 3.38. The zero-order chi connectivity index (χ0) is 31.5. The monoisotopic (exact) mass is 655 g/mol. The van der Waals surface area contributed by atoms with Crippen molar-refractivity contribution in [3.8, 4) is 0 Å². The van der Waals surface area contributed by atoms with Gasteiger partial charge < -0.3 is 36.0 Å². The Morgan fingerprint density at radius 2 is 1.69 bits per heavy atom. The number of carbonyl (C=O) groups is 3. The van der Waals surface area contributed by atoms with Crippen LogP contribution < -0.4 is 16.4 Å². The molecule has 4 aliphatic heterocycles. The molecule has 244 valence electrons. The van der Waals surface area contributed by atoms with E-state index in [4.69, 9.17) is 17.3 Å². The minimum Gasteiger partial charge on any atom is -0.397 e. The van der Waals surface area contributed by atoms with Crippen LogP contribution in [0.3, 0.4) is 0 Å². The molecule has 3 saturated heterocycles. The number of anilines is 2. The molecule has 0 unspecified atom stereocenters. The van der Waals surface area contributed by atoms with Crippen LogP contribution in [0.25, 0.3) is 0 Å². The zero-order valence-electron chi connectivity index (χ0n) is 26.2. The molecule has 0 spiro atoms. The van der Waals surface area contributed by atoms with Gasteiger partial charge in [-0.25, -0.2) is 9.59 Å². The molecule has 0 bridgehead atoms. The summed E-state index contributed by atoms with van der Waals surface area (Å²) in [5.74, 6) is -0.0436. The molecule has 45 heavy (non-hydrogen) atoms. The van der Waals surface area contributed by atoms with E-state index >= 15 is 0 Å². The summed E-state index contributed by atoms with van der Waals surface area (Å²) in [5, 5.41) is 10.6. The molecule has 0 aliphatic carbocycles. The Balaban J connectivity index is 1.10. The summed E-state index contributed by atoms with van der Waals surface area (Å²) in [6.07, 6.45) is 8.21. The Hall–Kier alpha value is -3.02. The third-order valence-electron chi connectivity index (χ3n) is 10.2. The molecule has 5 heterocycles. The number of hydrogen-bond donors (Lipinski definition) is 3. The molecule has 4 N–H and O–H groups in total. The normalized spacial score (nSPS) is 20.9. The molecule has 0 saturated carbocycles. The third kappa shape index (κ3) is 7.20. The van der Waals surface area contributed by atoms with Crippen LogP contribution in [0.5, 0.6) is 0 Å². The van der Waals surface area contributed by atoms with Crippen LogP contribution in [0, 0.1) is 0 Å². The second kappa shape index (κ2) is 14.2. The summed E-state index contributed by atoms with van der Waals surface area (Å²) in [4.78, 5) is 48.7. The van der Waals surface area contributed by atoms with Crippen molar-refractivity contribution in [2.75, 3.05) is 50.3 Å². The van der Waals surface area contributed by atoms with Crippen molar-refractivity contribution in [1.82, 2.24) is 24.9 Å². The molecule has 6 rings (SSSR count). The number of thiophene rings is 1. The number of carbonyl (C=O) groups excluding carboxylic acids is 3. The summed E-state index contributed by atoms with van der Waals surface area (Å²) < 4.78 is 0. The first kappa shape index (κ1) is 31.9. The fraction of sp³-hybridized carbons (Fsp3) is 0.606. The highest BCUT2D eigenvalue weighted by Gasteiger charge is 2.36. The number of piperidine rings is 3. The van der Waals surface area contributed by atoms with Gasteiger partial charge in [-0.1, -0.05) is 31.0 Å². The molecule has 4 aliphatic rings.